The molecule has 1 saturated carbocycles. The minimum atomic E-state index is -0.941. The van der Waals surface area contributed by atoms with Crippen molar-refractivity contribution in [1.29, 1.82) is 0 Å². The van der Waals surface area contributed by atoms with Crippen LogP contribution in [0.2, 0.25) is 0 Å². The summed E-state index contributed by atoms with van der Waals surface area (Å²) in [4.78, 5) is 35.6. The number of hydrogen-bond acceptors (Lipinski definition) is 4. The number of carboxylic acids is 1. The first kappa shape index (κ1) is 13.4. The van der Waals surface area contributed by atoms with Gasteiger partial charge in [-0.3, -0.25) is 14.5 Å². The van der Waals surface area contributed by atoms with Crippen molar-refractivity contribution in [3.8, 4) is 0 Å². The SMILES string of the molecule is O=C(O)[C@H]1C[C@H]1C(=O)Nc1cccc(N2CCOC2=O)c1. The number of carbonyl (C=O) groups is 3. The van der Waals surface area contributed by atoms with Crippen LogP contribution in [0.25, 0.3) is 0 Å². The molecule has 1 heterocycles. The van der Waals surface area contributed by atoms with Crippen LogP contribution in [-0.2, 0) is 14.3 Å². The maximum absolute atomic E-state index is 11.9. The van der Waals surface area contributed by atoms with Gasteiger partial charge >= 0.3 is 12.1 Å². The first-order chi connectivity index (χ1) is 10.1. The van der Waals surface area contributed by atoms with Crippen molar-refractivity contribution < 1.29 is 24.2 Å². The van der Waals surface area contributed by atoms with E-state index < -0.39 is 23.9 Å². The van der Waals surface area contributed by atoms with Crippen LogP contribution >= 0.6 is 0 Å². The molecule has 21 heavy (non-hydrogen) atoms. The second-order valence-electron chi connectivity index (χ2n) is 5.09. The standard InChI is InChI=1S/C14H14N2O5/c17-12(10-7-11(10)13(18)19)15-8-2-1-3-9(6-8)16-4-5-21-14(16)20/h1-3,6,10-11H,4-5,7H2,(H,15,17)(H,18,19)/t10-,11+/m1/s1. The first-order valence-electron chi connectivity index (χ1n) is 6.64. The monoisotopic (exact) mass is 290 g/mol. The molecule has 0 unspecified atom stereocenters. The van der Waals surface area contributed by atoms with E-state index in [1.54, 1.807) is 24.3 Å². The summed E-state index contributed by atoms with van der Waals surface area (Å²) in [7, 11) is 0. The van der Waals surface area contributed by atoms with Gasteiger partial charge in [-0.15, -0.1) is 0 Å². The Labute approximate surface area is 120 Å². The van der Waals surface area contributed by atoms with E-state index in [-0.39, 0.29) is 5.91 Å². The van der Waals surface area contributed by atoms with Gasteiger partial charge in [-0.25, -0.2) is 4.79 Å². The molecule has 3 rings (SSSR count). The predicted molar refractivity (Wildman–Crippen MR) is 73.0 cm³/mol. The maximum atomic E-state index is 11.9. The summed E-state index contributed by atoms with van der Waals surface area (Å²) < 4.78 is 4.86. The van der Waals surface area contributed by atoms with Crippen LogP contribution in [0.5, 0.6) is 0 Å². The van der Waals surface area contributed by atoms with Gasteiger partial charge in [-0.1, -0.05) is 6.07 Å². The van der Waals surface area contributed by atoms with Crippen molar-refractivity contribution in [3.05, 3.63) is 24.3 Å². The van der Waals surface area contributed by atoms with Crippen LogP contribution in [-0.4, -0.2) is 36.2 Å². The first-order valence-corrected chi connectivity index (χ1v) is 6.64. The lowest BCUT2D eigenvalue weighted by Gasteiger charge is -2.14. The summed E-state index contributed by atoms with van der Waals surface area (Å²) in [6.45, 7) is 0.817. The number of benzene rings is 1. The number of anilines is 2. The van der Waals surface area contributed by atoms with Crippen molar-refractivity contribution in [1.82, 2.24) is 0 Å². The molecule has 2 atom stereocenters. The quantitative estimate of drug-likeness (QED) is 0.871. The van der Waals surface area contributed by atoms with Gasteiger partial charge < -0.3 is 15.2 Å². The molecule has 7 heteroatoms. The molecule has 1 aromatic carbocycles. The number of ether oxygens (including phenoxy) is 1. The van der Waals surface area contributed by atoms with Crippen LogP contribution in [0.1, 0.15) is 6.42 Å². The Hall–Kier alpha value is -2.57. The number of hydrogen-bond donors (Lipinski definition) is 2. The summed E-state index contributed by atoms with van der Waals surface area (Å²) in [5, 5.41) is 11.5. The van der Waals surface area contributed by atoms with Gasteiger partial charge in [-0.2, -0.15) is 0 Å². The van der Waals surface area contributed by atoms with Gasteiger partial charge in [0.05, 0.1) is 18.4 Å². The molecule has 2 fully saturated rings. The smallest absolute Gasteiger partial charge is 0.414 e. The molecule has 7 nitrogen and oxygen atoms in total. The summed E-state index contributed by atoms with van der Waals surface area (Å²) in [5.74, 6) is -2.29. The lowest BCUT2D eigenvalue weighted by molar-refractivity contribution is -0.139. The van der Waals surface area contributed by atoms with Gasteiger partial charge in [0.2, 0.25) is 5.91 Å². The summed E-state index contributed by atoms with van der Waals surface area (Å²) in [6, 6.07) is 6.83. The highest BCUT2D eigenvalue weighted by molar-refractivity contribution is 5.99. The molecule has 0 spiro atoms. The molecular weight excluding hydrogens is 276 g/mol. The maximum Gasteiger partial charge on any atom is 0.414 e. The van der Waals surface area contributed by atoms with E-state index >= 15 is 0 Å². The van der Waals surface area contributed by atoms with Gasteiger partial charge in [-0.05, 0) is 24.6 Å². The third-order valence-corrected chi connectivity index (χ3v) is 3.63. The van der Waals surface area contributed by atoms with Crippen molar-refractivity contribution in [3.63, 3.8) is 0 Å². The van der Waals surface area contributed by atoms with Crippen LogP contribution < -0.4 is 10.2 Å². The molecule has 2 amide bonds. The van der Waals surface area contributed by atoms with Crippen LogP contribution in [0, 0.1) is 11.8 Å². The van der Waals surface area contributed by atoms with Crippen molar-refractivity contribution in [2.24, 2.45) is 11.8 Å². The molecule has 0 bridgehead atoms. The second-order valence-corrected chi connectivity index (χ2v) is 5.09. The molecule has 2 N–H and O–H groups in total. The lowest BCUT2D eigenvalue weighted by Crippen LogP contribution is -2.23. The molecule has 1 aliphatic heterocycles. The zero-order valence-corrected chi connectivity index (χ0v) is 11.1. The average molecular weight is 290 g/mol. The van der Waals surface area contributed by atoms with Gasteiger partial charge in [0, 0.05) is 11.4 Å². The molecular formula is C14H14N2O5. The number of amides is 2. The lowest BCUT2D eigenvalue weighted by atomic mass is 10.2. The van der Waals surface area contributed by atoms with Crippen LogP contribution in [0.15, 0.2) is 24.3 Å². The summed E-state index contributed by atoms with van der Waals surface area (Å²) >= 11 is 0. The van der Waals surface area contributed by atoms with Crippen molar-refractivity contribution >= 4 is 29.3 Å². The fourth-order valence-corrected chi connectivity index (χ4v) is 2.37. The number of aliphatic carboxylic acids is 1. The third-order valence-electron chi connectivity index (χ3n) is 3.63. The minimum Gasteiger partial charge on any atom is -0.481 e. The molecule has 1 saturated heterocycles. The van der Waals surface area contributed by atoms with E-state index in [9.17, 15) is 14.4 Å². The molecule has 110 valence electrons. The Morgan fingerprint density at radius 1 is 1.33 bits per heavy atom. The molecule has 1 aliphatic carbocycles. The van der Waals surface area contributed by atoms with Crippen molar-refractivity contribution in [2.45, 2.75) is 6.42 Å². The highest BCUT2D eigenvalue weighted by Crippen LogP contribution is 2.39. The zero-order chi connectivity index (χ0) is 15.0. The van der Waals surface area contributed by atoms with E-state index in [2.05, 4.69) is 5.32 Å². The minimum absolute atomic E-state index is 0.302. The van der Waals surface area contributed by atoms with E-state index in [1.165, 1.54) is 4.90 Å². The third kappa shape index (κ3) is 2.67. The fraction of sp³-hybridized carbons (Fsp3) is 0.357. The Bertz CT molecular complexity index is 615. The summed E-state index contributed by atoms with van der Waals surface area (Å²) in [6.07, 6.45) is -0.0362. The Kier molecular flexibility index (Phi) is 3.25. The van der Waals surface area contributed by atoms with Gasteiger partial charge in [0.25, 0.3) is 0 Å². The molecule has 2 aliphatic rings. The average Bonchev–Trinajstić information content (AvgIpc) is 3.15. The Balaban J connectivity index is 1.68. The normalized spacial score (nSPS) is 23.6. The fourth-order valence-electron chi connectivity index (χ4n) is 2.37. The van der Waals surface area contributed by atoms with Crippen LogP contribution in [0.3, 0.4) is 0 Å². The van der Waals surface area contributed by atoms with E-state index in [0.29, 0.717) is 30.9 Å². The van der Waals surface area contributed by atoms with Crippen molar-refractivity contribution in [2.75, 3.05) is 23.4 Å². The Morgan fingerprint density at radius 3 is 2.76 bits per heavy atom. The molecule has 1 aromatic rings. The summed E-state index contributed by atoms with van der Waals surface area (Å²) in [5.41, 5.74) is 1.18. The predicted octanol–water partition coefficient (Wildman–Crippen LogP) is 1.30. The van der Waals surface area contributed by atoms with E-state index in [0.717, 1.165) is 0 Å². The highest BCUT2D eigenvalue weighted by Gasteiger charge is 2.48. The number of nitrogens with zero attached hydrogens (tertiary/aromatic N) is 1. The van der Waals surface area contributed by atoms with Crippen LogP contribution in [0.4, 0.5) is 16.2 Å². The van der Waals surface area contributed by atoms with Gasteiger partial charge in [0.15, 0.2) is 0 Å². The second kappa shape index (κ2) is 5.08. The zero-order valence-electron chi connectivity index (χ0n) is 11.1. The van der Waals surface area contributed by atoms with Gasteiger partial charge in [0.1, 0.15) is 6.61 Å². The number of cyclic esters (lactones) is 1. The van der Waals surface area contributed by atoms with E-state index in [1.807, 2.05) is 0 Å². The molecule has 0 radical (unpaired) electrons. The number of carbonyl (C=O) groups excluding carboxylic acids is 2. The number of carboxylic acid groups (broad SMARTS) is 1. The Morgan fingerprint density at radius 2 is 2.14 bits per heavy atom. The van der Waals surface area contributed by atoms with E-state index in [4.69, 9.17) is 9.84 Å². The molecule has 0 aromatic heterocycles. The number of nitrogens with one attached hydrogen (secondary N) is 1. The highest BCUT2D eigenvalue weighted by atomic mass is 16.6. The number of rotatable bonds is 4. The largest absolute Gasteiger partial charge is 0.481 e. The topological polar surface area (TPSA) is 95.9 Å².